The number of ether oxygens (including phenoxy) is 2. The largest absolute Gasteiger partial charge is 0.490 e. The molecular formula is C13H15NO2. The molecule has 1 aromatic rings. The first-order valence-corrected chi connectivity index (χ1v) is 5.56. The van der Waals surface area contributed by atoms with Crippen molar-refractivity contribution < 1.29 is 9.47 Å². The van der Waals surface area contributed by atoms with Crippen LogP contribution in [-0.4, -0.2) is 12.2 Å². The van der Waals surface area contributed by atoms with Crippen molar-refractivity contribution in [1.29, 1.82) is 5.26 Å². The zero-order chi connectivity index (χ0) is 11.5. The van der Waals surface area contributed by atoms with E-state index in [1.165, 1.54) is 0 Å². The molecule has 1 aliphatic carbocycles. The van der Waals surface area contributed by atoms with Crippen LogP contribution in [-0.2, 0) is 0 Å². The van der Waals surface area contributed by atoms with E-state index < -0.39 is 0 Å². The Morgan fingerprint density at radius 1 is 1.38 bits per heavy atom. The number of nitrogens with zero attached hydrogens (tertiary/aromatic N) is 1. The molecule has 0 saturated heterocycles. The Morgan fingerprint density at radius 3 is 2.69 bits per heavy atom. The van der Waals surface area contributed by atoms with Crippen LogP contribution in [0.15, 0.2) is 18.2 Å². The van der Waals surface area contributed by atoms with Crippen molar-refractivity contribution >= 4 is 0 Å². The second-order valence-corrected chi connectivity index (χ2v) is 4.25. The van der Waals surface area contributed by atoms with Gasteiger partial charge >= 0.3 is 0 Å². The maximum atomic E-state index is 8.95. The highest BCUT2D eigenvalue weighted by Gasteiger charge is 2.23. The molecular weight excluding hydrogens is 202 g/mol. The molecule has 0 N–H and O–H groups in total. The van der Waals surface area contributed by atoms with Crippen LogP contribution in [0.5, 0.6) is 11.5 Å². The zero-order valence-electron chi connectivity index (χ0n) is 9.56. The molecule has 0 radical (unpaired) electrons. The molecule has 1 saturated carbocycles. The van der Waals surface area contributed by atoms with Gasteiger partial charge in [0, 0.05) is 6.07 Å². The van der Waals surface area contributed by atoms with Gasteiger partial charge in [-0.05, 0) is 38.8 Å². The van der Waals surface area contributed by atoms with E-state index in [4.69, 9.17) is 14.7 Å². The second-order valence-electron chi connectivity index (χ2n) is 4.25. The van der Waals surface area contributed by atoms with Gasteiger partial charge in [0.1, 0.15) is 17.6 Å². The second kappa shape index (κ2) is 4.44. The molecule has 1 fully saturated rings. The number of hydrogen-bond donors (Lipinski definition) is 0. The zero-order valence-corrected chi connectivity index (χ0v) is 9.56. The van der Waals surface area contributed by atoms with Crippen molar-refractivity contribution in [3.63, 3.8) is 0 Å². The van der Waals surface area contributed by atoms with Crippen LogP contribution in [0.3, 0.4) is 0 Å². The predicted molar refractivity (Wildman–Crippen MR) is 60.6 cm³/mol. The molecule has 0 heterocycles. The third kappa shape index (κ3) is 2.66. The van der Waals surface area contributed by atoms with E-state index in [9.17, 15) is 0 Å². The van der Waals surface area contributed by atoms with Gasteiger partial charge in [0.05, 0.1) is 17.8 Å². The first-order chi connectivity index (χ1) is 7.69. The van der Waals surface area contributed by atoms with Crippen LogP contribution < -0.4 is 9.47 Å². The van der Waals surface area contributed by atoms with E-state index in [0.29, 0.717) is 17.4 Å². The third-order valence-electron chi connectivity index (χ3n) is 2.26. The highest BCUT2D eigenvalue weighted by atomic mass is 16.5. The Labute approximate surface area is 95.6 Å². The molecule has 3 heteroatoms. The highest BCUT2D eigenvalue weighted by Crippen LogP contribution is 2.30. The lowest BCUT2D eigenvalue weighted by Gasteiger charge is -2.12. The summed E-state index contributed by atoms with van der Waals surface area (Å²) < 4.78 is 11.2. The fourth-order valence-electron chi connectivity index (χ4n) is 1.40. The fraction of sp³-hybridized carbons (Fsp3) is 0.462. The summed E-state index contributed by atoms with van der Waals surface area (Å²) in [6.45, 7) is 3.88. The highest BCUT2D eigenvalue weighted by molar-refractivity contribution is 5.47. The lowest BCUT2D eigenvalue weighted by molar-refractivity contribution is 0.238. The summed E-state index contributed by atoms with van der Waals surface area (Å²) in [6, 6.07) is 7.49. The first kappa shape index (κ1) is 10.8. The van der Waals surface area contributed by atoms with Crippen LogP contribution in [0, 0.1) is 11.3 Å². The molecule has 0 atom stereocenters. The van der Waals surface area contributed by atoms with Crippen molar-refractivity contribution in [3.05, 3.63) is 23.8 Å². The molecule has 16 heavy (non-hydrogen) atoms. The van der Waals surface area contributed by atoms with E-state index >= 15 is 0 Å². The minimum atomic E-state index is 0.0586. The number of benzene rings is 1. The van der Waals surface area contributed by atoms with Gasteiger partial charge in [-0.1, -0.05) is 0 Å². The lowest BCUT2D eigenvalue weighted by Crippen LogP contribution is -2.07. The van der Waals surface area contributed by atoms with Crippen molar-refractivity contribution in [2.75, 3.05) is 0 Å². The van der Waals surface area contributed by atoms with Gasteiger partial charge in [-0.15, -0.1) is 0 Å². The standard InChI is InChI=1S/C13H15NO2/c1-9(2)15-13-7-12(16-11-5-6-11)4-3-10(13)8-14/h3-4,7,9,11H,5-6H2,1-2H3. The van der Waals surface area contributed by atoms with E-state index in [0.717, 1.165) is 18.6 Å². The van der Waals surface area contributed by atoms with Crippen molar-refractivity contribution in [2.24, 2.45) is 0 Å². The summed E-state index contributed by atoms with van der Waals surface area (Å²) in [6.07, 6.45) is 2.67. The van der Waals surface area contributed by atoms with E-state index in [2.05, 4.69) is 6.07 Å². The Hall–Kier alpha value is -1.69. The number of rotatable bonds is 4. The first-order valence-electron chi connectivity index (χ1n) is 5.56. The van der Waals surface area contributed by atoms with Gasteiger partial charge in [-0.25, -0.2) is 0 Å². The van der Waals surface area contributed by atoms with E-state index in [1.54, 1.807) is 12.1 Å². The van der Waals surface area contributed by atoms with Gasteiger partial charge < -0.3 is 9.47 Å². The maximum absolute atomic E-state index is 8.95. The Morgan fingerprint density at radius 2 is 2.12 bits per heavy atom. The summed E-state index contributed by atoms with van der Waals surface area (Å²) in [5, 5.41) is 8.95. The normalized spacial score (nSPS) is 14.6. The van der Waals surface area contributed by atoms with Crippen molar-refractivity contribution in [1.82, 2.24) is 0 Å². The Balaban J connectivity index is 2.19. The summed E-state index contributed by atoms with van der Waals surface area (Å²) in [5.74, 6) is 1.40. The van der Waals surface area contributed by atoms with Crippen LogP contribution in [0.2, 0.25) is 0 Å². The lowest BCUT2D eigenvalue weighted by atomic mass is 10.2. The fourth-order valence-corrected chi connectivity index (χ4v) is 1.40. The monoisotopic (exact) mass is 217 g/mol. The molecule has 1 aromatic carbocycles. The molecule has 0 unspecified atom stereocenters. The molecule has 0 bridgehead atoms. The Bertz CT molecular complexity index is 416. The van der Waals surface area contributed by atoms with E-state index in [1.807, 2.05) is 19.9 Å². The molecule has 2 rings (SSSR count). The smallest absolute Gasteiger partial charge is 0.141 e. The minimum absolute atomic E-state index is 0.0586. The molecule has 0 amide bonds. The van der Waals surface area contributed by atoms with Gasteiger partial charge in [0.2, 0.25) is 0 Å². The molecule has 0 aromatic heterocycles. The van der Waals surface area contributed by atoms with E-state index in [-0.39, 0.29) is 6.10 Å². The Kier molecular flexibility index (Phi) is 3.00. The summed E-state index contributed by atoms with van der Waals surface area (Å²) in [5.41, 5.74) is 0.553. The number of hydrogen-bond acceptors (Lipinski definition) is 3. The van der Waals surface area contributed by atoms with Crippen molar-refractivity contribution in [2.45, 2.75) is 38.9 Å². The SMILES string of the molecule is CC(C)Oc1cc(OC2CC2)ccc1C#N. The van der Waals surface area contributed by atoms with Crippen LogP contribution in [0.1, 0.15) is 32.3 Å². The minimum Gasteiger partial charge on any atom is -0.490 e. The topological polar surface area (TPSA) is 42.2 Å². The maximum Gasteiger partial charge on any atom is 0.141 e. The summed E-state index contributed by atoms with van der Waals surface area (Å²) in [4.78, 5) is 0. The van der Waals surface area contributed by atoms with Crippen molar-refractivity contribution in [3.8, 4) is 17.6 Å². The van der Waals surface area contributed by atoms with Crippen LogP contribution in [0.25, 0.3) is 0 Å². The quantitative estimate of drug-likeness (QED) is 0.778. The molecule has 0 aliphatic heterocycles. The average Bonchev–Trinajstić information content (AvgIpc) is 3.01. The van der Waals surface area contributed by atoms with Gasteiger partial charge in [0.25, 0.3) is 0 Å². The summed E-state index contributed by atoms with van der Waals surface area (Å²) in [7, 11) is 0. The average molecular weight is 217 g/mol. The van der Waals surface area contributed by atoms with Crippen LogP contribution in [0.4, 0.5) is 0 Å². The predicted octanol–water partition coefficient (Wildman–Crippen LogP) is 2.89. The van der Waals surface area contributed by atoms with Gasteiger partial charge in [-0.3, -0.25) is 0 Å². The van der Waals surface area contributed by atoms with Crippen LogP contribution >= 0.6 is 0 Å². The van der Waals surface area contributed by atoms with Gasteiger partial charge in [0.15, 0.2) is 0 Å². The summed E-state index contributed by atoms with van der Waals surface area (Å²) >= 11 is 0. The van der Waals surface area contributed by atoms with Gasteiger partial charge in [-0.2, -0.15) is 5.26 Å². The molecule has 0 spiro atoms. The molecule has 84 valence electrons. The molecule has 1 aliphatic rings. The number of nitriles is 1. The molecule has 3 nitrogen and oxygen atoms in total. The third-order valence-corrected chi connectivity index (χ3v) is 2.26.